The molecule has 7 heteroatoms. The molecule has 0 aliphatic carbocycles. The summed E-state index contributed by atoms with van der Waals surface area (Å²) in [5.41, 5.74) is 0.856. The summed E-state index contributed by atoms with van der Waals surface area (Å²) in [7, 11) is 0. The van der Waals surface area contributed by atoms with Crippen molar-refractivity contribution in [2.45, 2.75) is 13.3 Å². The molecule has 0 bridgehead atoms. The molecular weight excluding hydrogens is 272 g/mol. The summed E-state index contributed by atoms with van der Waals surface area (Å²) in [6, 6.07) is 9.26. The Morgan fingerprint density at radius 1 is 1.33 bits per heavy atom. The predicted molar refractivity (Wildman–Crippen MR) is 75.7 cm³/mol. The van der Waals surface area contributed by atoms with E-state index in [1.165, 1.54) is 11.2 Å². The summed E-state index contributed by atoms with van der Waals surface area (Å²) in [6.45, 7) is 1.58. The molecule has 1 aromatic carbocycles. The van der Waals surface area contributed by atoms with E-state index in [9.17, 15) is 9.59 Å². The third-order valence-electron chi connectivity index (χ3n) is 3.04. The Kier molecular flexibility index (Phi) is 4.65. The van der Waals surface area contributed by atoms with Crippen LogP contribution in [-0.2, 0) is 16.0 Å². The molecule has 7 nitrogen and oxygen atoms in total. The van der Waals surface area contributed by atoms with Crippen LogP contribution >= 0.6 is 0 Å². The summed E-state index contributed by atoms with van der Waals surface area (Å²) in [4.78, 5) is 28.7. The van der Waals surface area contributed by atoms with Crippen molar-refractivity contribution in [3.63, 3.8) is 0 Å². The smallest absolute Gasteiger partial charge is 0.308 e. The third kappa shape index (κ3) is 3.88. The molecule has 1 atom stereocenters. The molecule has 0 spiro atoms. The maximum Gasteiger partial charge on any atom is 0.308 e. The fourth-order valence-corrected chi connectivity index (χ4v) is 1.85. The van der Waals surface area contributed by atoms with Crippen molar-refractivity contribution in [1.29, 1.82) is 0 Å². The molecule has 0 saturated heterocycles. The monoisotopic (exact) mass is 288 g/mol. The molecule has 2 rings (SSSR count). The topological polar surface area (TPSA) is 99.2 Å². The van der Waals surface area contributed by atoms with E-state index >= 15 is 0 Å². The van der Waals surface area contributed by atoms with Gasteiger partial charge in [-0.05, 0) is 5.56 Å². The number of rotatable bonds is 6. The van der Waals surface area contributed by atoms with E-state index in [0.29, 0.717) is 0 Å². The quantitative estimate of drug-likeness (QED) is 0.829. The summed E-state index contributed by atoms with van der Waals surface area (Å²) < 4.78 is 0. The minimum absolute atomic E-state index is 0.0379. The molecule has 0 fully saturated rings. The van der Waals surface area contributed by atoms with Crippen molar-refractivity contribution < 1.29 is 14.7 Å². The Balaban J connectivity index is 2.15. The number of anilines is 1. The first-order chi connectivity index (χ1) is 10.1. The summed E-state index contributed by atoms with van der Waals surface area (Å²) in [6.07, 6.45) is 1.46. The van der Waals surface area contributed by atoms with Crippen molar-refractivity contribution in [3.05, 3.63) is 42.2 Å². The van der Waals surface area contributed by atoms with Gasteiger partial charge < -0.3 is 5.11 Å². The van der Waals surface area contributed by atoms with Gasteiger partial charge in [0.1, 0.15) is 6.33 Å². The van der Waals surface area contributed by atoms with Gasteiger partial charge in [-0.1, -0.05) is 37.3 Å². The fraction of sp³-hybridized carbons (Fsp3) is 0.286. The lowest BCUT2D eigenvalue weighted by Gasteiger charge is -2.21. The van der Waals surface area contributed by atoms with Crippen molar-refractivity contribution in [2.75, 3.05) is 11.4 Å². The van der Waals surface area contributed by atoms with E-state index in [1.807, 2.05) is 30.3 Å². The standard InChI is InChI=1S/C14H16N4O3/c1-10(13(20)21)8-18(14-15-9-16-17-14)12(19)7-11-5-3-2-4-6-11/h2-6,9-10H,7-8H2,1H3,(H,20,21)(H,15,16,17). The van der Waals surface area contributed by atoms with Gasteiger partial charge in [-0.25, -0.2) is 5.10 Å². The molecule has 0 saturated carbocycles. The second-order valence-corrected chi connectivity index (χ2v) is 4.72. The van der Waals surface area contributed by atoms with Gasteiger partial charge in [0, 0.05) is 6.54 Å². The third-order valence-corrected chi connectivity index (χ3v) is 3.04. The normalized spacial score (nSPS) is 11.9. The van der Waals surface area contributed by atoms with E-state index < -0.39 is 11.9 Å². The van der Waals surface area contributed by atoms with Crippen LogP contribution in [0.3, 0.4) is 0 Å². The van der Waals surface area contributed by atoms with Crippen LogP contribution in [0.5, 0.6) is 0 Å². The minimum atomic E-state index is -0.966. The first kappa shape index (κ1) is 14.7. The van der Waals surface area contributed by atoms with Gasteiger partial charge >= 0.3 is 5.97 Å². The van der Waals surface area contributed by atoms with E-state index in [1.54, 1.807) is 6.92 Å². The van der Waals surface area contributed by atoms with Gasteiger partial charge in [0.05, 0.1) is 12.3 Å². The van der Waals surface area contributed by atoms with E-state index in [2.05, 4.69) is 15.2 Å². The molecule has 1 amide bonds. The highest BCUT2D eigenvalue weighted by atomic mass is 16.4. The van der Waals surface area contributed by atoms with Gasteiger partial charge in [-0.2, -0.15) is 10.1 Å². The Morgan fingerprint density at radius 2 is 2.05 bits per heavy atom. The zero-order valence-electron chi connectivity index (χ0n) is 11.6. The van der Waals surface area contributed by atoms with Crippen LogP contribution in [0, 0.1) is 5.92 Å². The number of carboxylic acid groups (broad SMARTS) is 1. The highest BCUT2D eigenvalue weighted by Gasteiger charge is 2.23. The van der Waals surface area contributed by atoms with Crippen molar-refractivity contribution in [2.24, 2.45) is 5.92 Å². The Hall–Kier alpha value is -2.70. The van der Waals surface area contributed by atoms with E-state index in [-0.39, 0.29) is 24.8 Å². The number of nitrogens with zero attached hydrogens (tertiary/aromatic N) is 3. The zero-order valence-corrected chi connectivity index (χ0v) is 11.6. The predicted octanol–water partition coefficient (Wildman–Crippen LogP) is 1.10. The molecule has 0 aliphatic rings. The lowest BCUT2D eigenvalue weighted by molar-refractivity contribution is -0.140. The maximum atomic E-state index is 12.4. The number of carbonyl (C=O) groups excluding carboxylic acids is 1. The van der Waals surface area contributed by atoms with Crippen molar-refractivity contribution >= 4 is 17.8 Å². The second-order valence-electron chi connectivity index (χ2n) is 4.72. The van der Waals surface area contributed by atoms with Crippen molar-refractivity contribution in [3.8, 4) is 0 Å². The molecule has 0 radical (unpaired) electrons. The Morgan fingerprint density at radius 3 is 2.62 bits per heavy atom. The molecule has 0 aliphatic heterocycles. The minimum Gasteiger partial charge on any atom is -0.481 e. The van der Waals surface area contributed by atoms with Crippen LogP contribution in [-0.4, -0.2) is 38.7 Å². The van der Waals surface area contributed by atoms with E-state index in [0.717, 1.165) is 5.56 Å². The fourth-order valence-electron chi connectivity index (χ4n) is 1.85. The van der Waals surface area contributed by atoms with Gasteiger partial charge in [-0.3, -0.25) is 14.5 Å². The first-order valence-electron chi connectivity index (χ1n) is 6.50. The van der Waals surface area contributed by atoms with Crippen LogP contribution in [0.25, 0.3) is 0 Å². The van der Waals surface area contributed by atoms with Crippen LogP contribution < -0.4 is 4.90 Å². The highest BCUT2D eigenvalue weighted by Crippen LogP contribution is 2.12. The van der Waals surface area contributed by atoms with Crippen molar-refractivity contribution in [1.82, 2.24) is 15.2 Å². The molecule has 1 aromatic heterocycles. The number of H-pyrrole nitrogens is 1. The average molecular weight is 288 g/mol. The molecule has 1 heterocycles. The zero-order chi connectivity index (χ0) is 15.2. The Bertz CT molecular complexity index is 598. The number of carboxylic acids is 1. The number of hydrogen-bond donors (Lipinski definition) is 2. The molecule has 2 aromatic rings. The number of hydrogen-bond acceptors (Lipinski definition) is 4. The number of aliphatic carboxylic acids is 1. The number of carbonyl (C=O) groups is 2. The Labute approximate surface area is 121 Å². The van der Waals surface area contributed by atoms with Crippen LogP contribution in [0.4, 0.5) is 5.95 Å². The van der Waals surface area contributed by atoms with Gasteiger partial charge in [-0.15, -0.1) is 0 Å². The number of benzene rings is 1. The van der Waals surface area contributed by atoms with Gasteiger partial charge in [0.25, 0.3) is 0 Å². The lowest BCUT2D eigenvalue weighted by atomic mass is 10.1. The number of aromatic nitrogens is 3. The van der Waals surface area contributed by atoms with Gasteiger partial charge in [0.15, 0.2) is 0 Å². The second kappa shape index (κ2) is 6.65. The average Bonchev–Trinajstić information content (AvgIpc) is 2.99. The summed E-state index contributed by atoms with van der Waals surface area (Å²) >= 11 is 0. The maximum absolute atomic E-state index is 12.4. The number of amides is 1. The molecule has 2 N–H and O–H groups in total. The van der Waals surface area contributed by atoms with E-state index in [4.69, 9.17) is 5.11 Å². The largest absolute Gasteiger partial charge is 0.481 e. The molecule has 110 valence electrons. The molecule has 21 heavy (non-hydrogen) atoms. The number of nitrogens with one attached hydrogen (secondary N) is 1. The first-order valence-corrected chi connectivity index (χ1v) is 6.50. The number of aromatic amines is 1. The van der Waals surface area contributed by atoms with Crippen LogP contribution in [0.15, 0.2) is 36.7 Å². The SMILES string of the molecule is CC(CN(C(=O)Cc1ccccc1)c1ncn[nH]1)C(=O)O. The molecule has 1 unspecified atom stereocenters. The molecular formula is C14H16N4O3. The summed E-state index contributed by atoms with van der Waals surface area (Å²) in [5, 5.41) is 15.3. The van der Waals surface area contributed by atoms with Crippen LogP contribution in [0.1, 0.15) is 12.5 Å². The lowest BCUT2D eigenvalue weighted by Crippen LogP contribution is -2.38. The van der Waals surface area contributed by atoms with Gasteiger partial charge in [0.2, 0.25) is 11.9 Å². The van der Waals surface area contributed by atoms with Crippen LogP contribution in [0.2, 0.25) is 0 Å². The highest BCUT2D eigenvalue weighted by molar-refractivity contribution is 5.93. The summed E-state index contributed by atoms with van der Waals surface area (Å²) in [5.74, 6) is -1.64.